The van der Waals surface area contributed by atoms with E-state index in [0.717, 1.165) is 16.8 Å². The molecule has 3 N–H and O–H groups in total. The summed E-state index contributed by atoms with van der Waals surface area (Å²) in [5, 5.41) is 3.04. The van der Waals surface area contributed by atoms with E-state index in [4.69, 9.17) is 19.6 Å². The molecule has 0 aliphatic rings. The first-order chi connectivity index (χ1) is 13.6. The van der Waals surface area contributed by atoms with Crippen molar-refractivity contribution in [1.82, 2.24) is 10.3 Å². The highest BCUT2D eigenvalue weighted by Crippen LogP contribution is 2.27. The maximum Gasteiger partial charge on any atom is 0.226 e. The fourth-order valence-corrected chi connectivity index (χ4v) is 2.61. The highest BCUT2D eigenvalue weighted by atomic mass is 127. The van der Waals surface area contributed by atoms with E-state index in [9.17, 15) is 0 Å². The summed E-state index contributed by atoms with van der Waals surface area (Å²) in [7, 11) is 3.20. The maximum absolute atomic E-state index is 5.96. The minimum absolute atomic E-state index is 0. The molecule has 0 amide bonds. The first-order valence-electron chi connectivity index (χ1n) is 8.85. The molecule has 2 aromatic carbocycles. The van der Waals surface area contributed by atoms with Crippen LogP contribution in [0.5, 0.6) is 11.5 Å². The summed E-state index contributed by atoms with van der Waals surface area (Å²) >= 11 is 0. The SMILES string of the molecule is COc1ccc(CN=C(N)NCc2coc(-c3ccc(C)cc3)n2)cc1OC.I. The van der Waals surface area contributed by atoms with Gasteiger partial charge in [-0.05, 0) is 36.8 Å². The number of ether oxygens (including phenoxy) is 2. The molecule has 0 radical (unpaired) electrons. The minimum atomic E-state index is 0. The first kappa shape index (κ1) is 22.5. The van der Waals surface area contributed by atoms with Gasteiger partial charge in [-0.3, -0.25) is 0 Å². The zero-order valence-corrected chi connectivity index (χ0v) is 19.0. The summed E-state index contributed by atoms with van der Waals surface area (Å²) in [5.74, 6) is 2.25. The number of hydrogen-bond acceptors (Lipinski definition) is 5. The van der Waals surface area contributed by atoms with Crippen molar-refractivity contribution in [3.63, 3.8) is 0 Å². The number of hydrogen-bond donors (Lipinski definition) is 2. The van der Waals surface area contributed by atoms with E-state index in [-0.39, 0.29) is 24.0 Å². The molecule has 7 nitrogen and oxygen atoms in total. The topological polar surface area (TPSA) is 94.9 Å². The van der Waals surface area contributed by atoms with Gasteiger partial charge in [-0.25, -0.2) is 9.98 Å². The molecule has 8 heteroatoms. The van der Waals surface area contributed by atoms with Crippen molar-refractivity contribution >= 4 is 29.9 Å². The Balaban J connectivity index is 0.00000300. The van der Waals surface area contributed by atoms with Gasteiger partial charge in [-0.1, -0.05) is 23.8 Å². The van der Waals surface area contributed by atoms with Gasteiger partial charge in [0.05, 0.1) is 33.0 Å². The number of halogens is 1. The van der Waals surface area contributed by atoms with Gasteiger partial charge >= 0.3 is 0 Å². The Bertz CT molecular complexity index is 955. The van der Waals surface area contributed by atoms with Gasteiger partial charge in [-0.15, -0.1) is 24.0 Å². The number of nitrogens with zero attached hydrogens (tertiary/aromatic N) is 2. The molecule has 3 aromatic rings. The molecule has 0 atom stereocenters. The summed E-state index contributed by atoms with van der Waals surface area (Å²) in [4.78, 5) is 8.82. The van der Waals surface area contributed by atoms with Crippen molar-refractivity contribution in [1.29, 1.82) is 0 Å². The van der Waals surface area contributed by atoms with E-state index in [0.29, 0.717) is 36.4 Å². The van der Waals surface area contributed by atoms with Crippen LogP contribution in [0.3, 0.4) is 0 Å². The molecule has 0 saturated heterocycles. The quantitative estimate of drug-likeness (QED) is 0.286. The predicted octanol–water partition coefficient (Wildman–Crippen LogP) is 3.89. The third-order valence-electron chi connectivity index (χ3n) is 4.18. The van der Waals surface area contributed by atoms with Crippen LogP contribution in [0.1, 0.15) is 16.8 Å². The maximum atomic E-state index is 5.96. The second kappa shape index (κ2) is 10.7. The lowest BCUT2D eigenvalue weighted by atomic mass is 10.1. The first-order valence-corrected chi connectivity index (χ1v) is 8.85. The molecule has 3 rings (SSSR count). The number of aromatic nitrogens is 1. The standard InChI is InChI=1S/C21H24N4O3.HI/c1-14-4-7-16(8-5-14)20-25-17(13-28-20)12-24-21(22)23-11-15-6-9-18(26-2)19(10-15)27-3;/h4-10,13H,11-12H2,1-3H3,(H3,22,23,24);1H. The zero-order valence-electron chi connectivity index (χ0n) is 16.6. The second-order valence-corrected chi connectivity index (χ2v) is 6.25. The Kier molecular flexibility index (Phi) is 8.32. The Morgan fingerprint density at radius 2 is 1.83 bits per heavy atom. The number of guanidine groups is 1. The minimum Gasteiger partial charge on any atom is -0.493 e. The van der Waals surface area contributed by atoms with Crippen molar-refractivity contribution in [3.8, 4) is 23.0 Å². The molecular weight excluding hydrogens is 483 g/mol. The third kappa shape index (κ3) is 6.11. The number of methoxy groups -OCH3 is 2. The van der Waals surface area contributed by atoms with E-state index in [1.807, 2.05) is 49.4 Å². The van der Waals surface area contributed by atoms with Crippen LogP contribution in [0.15, 0.2) is 58.1 Å². The lowest BCUT2D eigenvalue weighted by molar-refractivity contribution is 0.354. The lowest BCUT2D eigenvalue weighted by Gasteiger charge is -2.09. The van der Waals surface area contributed by atoms with Crippen molar-refractivity contribution < 1.29 is 13.9 Å². The van der Waals surface area contributed by atoms with Crippen LogP contribution in [0.25, 0.3) is 11.5 Å². The van der Waals surface area contributed by atoms with E-state index in [2.05, 4.69) is 15.3 Å². The average molecular weight is 508 g/mol. The molecule has 0 fully saturated rings. The molecule has 154 valence electrons. The van der Waals surface area contributed by atoms with Crippen molar-refractivity contribution in [3.05, 3.63) is 65.5 Å². The molecular formula is C21H25IN4O3. The van der Waals surface area contributed by atoms with E-state index >= 15 is 0 Å². The summed E-state index contributed by atoms with van der Waals surface area (Å²) in [6.45, 7) is 2.89. The van der Waals surface area contributed by atoms with Gasteiger partial charge in [-0.2, -0.15) is 0 Å². The van der Waals surface area contributed by atoms with E-state index < -0.39 is 0 Å². The predicted molar refractivity (Wildman–Crippen MR) is 124 cm³/mol. The number of oxazole rings is 1. The molecule has 0 saturated carbocycles. The summed E-state index contributed by atoms with van der Waals surface area (Å²) in [6.07, 6.45) is 1.61. The van der Waals surface area contributed by atoms with Gasteiger partial charge in [0.15, 0.2) is 17.5 Å². The van der Waals surface area contributed by atoms with Crippen molar-refractivity contribution in [2.45, 2.75) is 20.0 Å². The molecule has 0 aliphatic carbocycles. The highest BCUT2D eigenvalue weighted by Gasteiger charge is 2.07. The largest absolute Gasteiger partial charge is 0.493 e. The molecule has 0 aliphatic heterocycles. The number of nitrogens with two attached hydrogens (primary N) is 1. The summed E-state index contributed by atoms with van der Waals surface area (Å²) < 4.78 is 16.1. The summed E-state index contributed by atoms with van der Waals surface area (Å²) in [5.41, 5.74) is 9.80. The summed E-state index contributed by atoms with van der Waals surface area (Å²) in [6, 6.07) is 13.7. The monoisotopic (exact) mass is 508 g/mol. The van der Waals surface area contributed by atoms with Crippen LogP contribution in [0.4, 0.5) is 0 Å². The fourth-order valence-electron chi connectivity index (χ4n) is 2.61. The van der Waals surface area contributed by atoms with Crippen LogP contribution >= 0.6 is 24.0 Å². The molecule has 0 bridgehead atoms. The van der Waals surface area contributed by atoms with Gasteiger partial charge in [0.25, 0.3) is 0 Å². The molecule has 1 heterocycles. The number of rotatable bonds is 7. The second-order valence-electron chi connectivity index (χ2n) is 6.25. The Morgan fingerprint density at radius 1 is 1.10 bits per heavy atom. The van der Waals surface area contributed by atoms with Crippen LogP contribution in [0.2, 0.25) is 0 Å². The number of aryl methyl sites for hydroxylation is 1. The lowest BCUT2D eigenvalue weighted by Crippen LogP contribution is -2.31. The normalized spacial score (nSPS) is 10.9. The van der Waals surface area contributed by atoms with Crippen molar-refractivity contribution in [2.75, 3.05) is 14.2 Å². The Hall–Kier alpha value is -2.75. The molecule has 29 heavy (non-hydrogen) atoms. The van der Waals surface area contributed by atoms with Crippen LogP contribution in [-0.4, -0.2) is 25.2 Å². The average Bonchev–Trinajstić information content (AvgIpc) is 3.20. The molecule has 0 spiro atoms. The number of aliphatic imine (C=N–C) groups is 1. The number of nitrogens with one attached hydrogen (secondary N) is 1. The Morgan fingerprint density at radius 3 is 2.52 bits per heavy atom. The van der Waals surface area contributed by atoms with Gasteiger partial charge in [0.2, 0.25) is 5.89 Å². The molecule has 0 unspecified atom stereocenters. The van der Waals surface area contributed by atoms with E-state index in [1.54, 1.807) is 20.5 Å². The van der Waals surface area contributed by atoms with Crippen LogP contribution in [-0.2, 0) is 13.1 Å². The highest BCUT2D eigenvalue weighted by molar-refractivity contribution is 14.0. The van der Waals surface area contributed by atoms with Crippen LogP contribution in [0, 0.1) is 6.92 Å². The van der Waals surface area contributed by atoms with Crippen molar-refractivity contribution in [2.24, 2.45) is 10.7 Å². The smallest absolute Gasteiger partial charge is 0.226 e. The third-order valence-corrected chi connectivity index (χ3v) is 4.18. The number of benzene rings is 2. The van der Waals surface area contributed by atoms with Gasteiger partial charge in [0, 0.05) is 5.56 Å². The molecule has 1 aromatic heterocycles. The Labute approximate surface area is 187 Å². The fraction of sp³-hybridized carbons (Fsp3) is 0.238. The van der Waals surface area contributed by atoms with Crippen LogP contribution < -0.4 is 20.5 Å². The van der Waals surface area contributed by atoms with E-state index in [1.165, 1.54) is 5.56 Å². The van der Waals surface area contributed by atoms with Gasteiger partial charge < -0.3 is 24.9 Å². The zero-order chi connectivity index (χ0) is 19.9. The van der Waals surface area contributed by atoms with Gasteiger partial charge in [0.1, 0.15) is 6.26 Å².